The van der Waals surface area contributed by atoms with Crippen molar-refractivity contribution in [3.8, 4) is 0 Å². The van der Waals surface area contributed by atoms with Crippen LogP contribution in [0.2, 0.25) is 0 Å². The van der Waals surface area contributed by atoms with E-state index in [0.717, 1.165) is 6.07 Å². The van der Waals surface area contributed by atoms with Crippen LogP contribution in [0.1, 0.15) is 27.7 Å². The molecule has 0 aliphatic rings. The van der Waals surface area contributed by atoms with E-state index in [1.54, 1.807) is 11.9 Å². The number of halogens is 2. The van der Waals surface area contributed by atoms with Gasteiger partial charge in [-0.15, -0.1) is 0 Å². The van der Waals surface area contributed by atoms with Crippen LogP contribution in [-0.4, -0.2) is 24.6 Å². The Labute approximate surface area is 107 Å². The molecule has 0 radical (unpaired) electrons. The van der Waals surface area contributed by atoms with Gasteiger partial charge in [0.25, 0.3) is 0 Å². The van der Waals surface area contributed by atoms with E-state index in [4.69, 9.17) is 0 Å². The Morgan fingerprint density at radius 2 is 1.89 bits per heavy atom. The average molecular weight is 257 g/mol. The molecular formula is C13H21F2N3. The topological polar surface area (TPSA) is 28.2 Å². The second kappa shape index (κ2) is 5.98. The monoisotopic (exact) mass is 257 g/mol. The van der Waals surface area contributed by atoms with Gasteiger partial charge in [0.2, 0.25) is 0 Å². The zero-order valence-corrected chi connectivity index (χ0v) is 11.6. The first-order chi connectivity index (χ1) is 8.38. The summed E-state index contributed by atoms with van der Waals surface area (Å²) in [6.45, 7) is 8.46. The van der Waals surface area contributed by atoms with Crippen LogP contribution in [0.25, 0.3) is 0 Å². The summed E-state index contributed by atoms with van der Waals surface area (Å²) in [5, 5.41) is 2.79. The predicted octanol–water partition coefficient (Wildman–Crippen LogP) is 3.27. The summed E-state index contributed by atoms with van der Waals surface area (Å²) in [5.74, 6) is -0.679. The summed E-state index contributed by atoms with van der Waals surface area (Å²) in [4.78, 5) is 5.77. The number of anilines is 2. The molecule has 0 amide bonds. The molecule has 1 unspecified atom stereocenters. The van der Waals surface area contributed by atoms with Gasteiger partial charge in [-0.2, -0.15) is 0 Å². The Morgan fingerprint density at radius 1 is 1.28 bits per heavy atom. The van der Waals surface area contributed by atoms with Crippen LogP contribution in [-0.2, 0) is 0 Å². The number of rotatable bonds is 5. The number of hydrogen-bond donors (Lipinski definition) is 1. The zero-order valence-electron chi connectivity index (χ0n) is 11.6. The zero-order chi connectivity index (χ0) is 13.9. The van der Waals surface area contributed by atoms with Crippen molar-refractivity contribution in [2.45, 2.75) is 33.7 Å². The Kier molecular flexibility index (Phi) is 4.87. The first kappa shape index (κ1) is 14.7. The third-order valence-corrected chi connectivity index (χ3v) is 3.17. The first-order valence-corrected chi connectivity index (χ1v) is 6.21. The predicted molar refractivity (Wildman–Crippen MR) is 71.0 cm³/mol. The molecular weight excluding hydrogens is 236 g/mol. The maximum Gasteiger partial charge on any atom is 0.168 e. The maximum atomic E-state index is 13.8. The van der Waals surface area contributed by atoms with Gasteiger partial charge >= 0.3 is 0 Å². The fourth-order valence-electron chi connectivity index (χ4n) is 1.64. The highest BCUT2D eigenvalue weighted by Crippen LogP contribution is 2.24. The van der Waals surface area contributed by atoms with Crippen molar-refractivity contribution in [1.82, 2.24) is 4.98 Å². The van der Waals surface area contributed by atoms with Crippen LogP contribution < -0.4 is 10.2 Å². The number of pyridine rings is 1. The van der Waals surface area contributed by atoms with E-state index in [-0.39, 0.29) is 17.7 Å². The summed E-state index contributed by atoms with van der Waals surface area (Å²) in [6.07, 6.45) is 0. The van der Waals surface area contributed by atoms with Gasteiger partial charge in [-0.3, -0.25) is 0 Å². The Hall–Kier alpha value is -1.39. The summed E-state index contributed by atoms with van der Waals surface area (Å²) < 4.78 is 27.2. The number of aromatic nitrogens is 1. The fraction of sp³-hybridized carbons (Fsp3) is 0.615. The van der Waals surface area contributed by atoms with Crippen molar-refractivity contribution >= 4 is 11.6 Å². The van der Waals surface area contributed by atoms with Crippen molar-refractivity contribution in [2.24, 2.45) is 5.92 Å². The number of nitrogens with one attached hydrogen (secondary N) is 1. The van der Waals surface area contributed by atoms with Gasteiger partial charge in [0.1, 0.15) is 0 Å². The normalized spacial score (nSPS) is 12.7. The lowest BCUT2D eigenvalue weighted by Gasteiger charge is -2.29. The molecule has 0 aliphatic carbocycles. The average Bonchev–Trinajstić information content (AvgIpc) is 2.30. The lowest BCUT2D eigenvalue weighted by atomic mass is 10.1. The standard InChI is InChI=1S/C13H21F2N3/c1-6-16-12-10(14)7-11(15)13(17-12)18(5)9(4)8(2)3/h7-9H,6H2,1-5H3,(H,16,17). The number of hydrogen-bond acceptors (Lipinski definition) is 3. The van der Waals surface area contributed by atoms with E-state index < -0.39 is 11.6 Å². The van der Waals surface area contributed by atoms with E-state index in [2.05, 4.69) is 10.3 Å². The van der Waals surface area contributed by atoms with Gasteiger partial charge in [0, 0.05) is 25.7 Å². The van der Waals surface area contributed by atoms with Crippen LogP contribution >= 0.6 is 0 Å². The van der Waals surface area contributed by atoms with Gasteiger partial charge in [-0.25, -0.2) is 13.8 Å². The van der Waals surface area contributed by atoms with Crippen LogP contribution in [0, 0.1) is 17.6 Å². The van der Waals surface area contributed by atoms with Crippen LogP contribution in [0.15, 0.2) is 6.07 Å². The number of nitrogens with zero attached hydrogens (tertiary/aromatic N) is 2. The Morgan fingerprint density at radius 3 is 2.39 bits per heavy atom. The van der Waals surface area contributed by atoms with E-state index in [1.165, 1.54) is 0 Å². The van der Waals surface area contributed by atoms with Crippen molar-refractivity contribution < 1.29 is 8.78 Å². The molecule has 1 aromatic heterocycles. The molecule has 0 saturated heterocycles. The van der Waals surface area contributed by atoms with Crippen molar-refractivity contribution in [3.63, 3.8) is 0 Å². The van der Waals surface area contributed by atoms with Gasteiger partial charge < -0.3 is 10.2 Å². The summed E-state index contributed by atoms with van der Waals surface area (Å²) in [5.41, 5.74) is 0. The lowest BCUT2D eigenvalue weighted by Crippen LogP contribution is -2.34. The van der Waals surface area contributed by atoms with E-state index in [0.29, 0.717) is 12.5 Å². The highest BCUT2D eigenvalue weighted by atomic mass is 19.1. The van der Waals surface area contributed by atoms with Crippen LogP contribution in [0.5, 0.6) is 0 Å². The van der Waals surface area contributed by atoms with Crippen molar-refractivity contribution in [3.05, 3.63) is 17.7 Å². The molecule has 1 aromatic rings. The molecule has 0 aromatic carbocycles. The van der Waals surface area contributed by atoms with Crippen LogP contribution in [0.3, 0.4) is 0 Å². The van der Waals surface area contributed by atoms with E-state index in [1.807, 2.05) is 27.7 Å². The summed E-state index contributed by atoms with van der Waals surface area (Å²) in [6, 6.07) is 0.996. The van der Waals surface area contributed by atoms with Gasteiger partial charge in [0.05, 0.1) is 0 Å². The molecule has 1 N–H and O–H groups in total. The van der Waals surface area contributed by atoms with E-state index in [9.17, 15) is 8.78 Å². The summed E-state index contributed by atoms with van der Waals surface area (Å²) in [7, 11) is 1.77. The van der Waals surface area contributed by atoms with Gasteiger partial charge in [0.15, 0.2) is 23.3 Å². The minimum absolute atomic E-state index is 0.0942. The largest absolute Gasteiger partial charge is 0.368 e. The highest BCUT2D eigenvalue weighted by molar-refractivity contribution is 5.49. The molecule has 3 nitrogen and oxygen atoms in total. The van der Waals surface area contributed by atoms with E-state index >= 15 is 0 Å². The van der Waals surface area contributed by atoms with Crippen molar-refractivity contribution in [1.29, 1.82) is 0 Å². The second-order valence-corrected chi connectivity index (χ2v) is 4.75. The molecule has 18 heavy (non-hydrogen) atoms. The van der Waals surface area contributed by atoms with Gasteiger partial charge in [-0.05, 0) is 19.8 Å². The minimum atomic E-state index is -0.663. The first-order valence-electron chi connectivity index (χ1n) is 6.21. The van der Waals surface area contributed by atoms with Crippen LogP contribution in [0.4, 0.5) is 20.4 Å². The molecule has 1 rings (SSSR count). The Balaban J connectivity index is 3.11. The molecule has 102 valence electrons. The lowest BCUT2D eigenvalue weighted by molar-refractivity contribution is 0.490. The summed E-state index contributed by atoms with van der Waals surface area (Å²) >= 11 is 0. The third-order valence-electron chi connectivity index (χ3n) is 3.17. The quantitative estimate of drug-likeness (QED) is 0.877. The SMILES string of the molecule is CCNc1nc(N(C)C(C)C(C)C)c(F)cc1F. The molecule has 0 fully saturated rings. The highest BCUT2D eigenvalue weighted by Gasteiger charge is 2.20. The van der Waals surface area contributed by atoms with Gasteiger partial charge in [-0.1, -0.05) is 13.8 Å². The molecule has 5 heteroatoms. The molecule has 0 bridgehead atoms. The third kappa shape index (κ3) is 3.09. The molecule has 0 aliphatic heterocycles. The fourth-order valence-corrected chi connectivity index (χ4v) is 1.64. The molecule has 1 atom stereocenters. The van der Waals surface area contributed by atoms with Crippen molar-refractivity contribution in [2.75, 3.05) is 23.8 Å². The molecule has 0 spiro atoms. The Bertz CT molecular complexity index is 407. The smallest absolute Gasteiger partial charge is 0.168 e. The molecule has 0 saturated carbocycles. The molecule has 1 heterocycles. The second-order valence-electron chi connectivity index (χ2n) is 4.75. The minimum Gasteiger partial charge on any atom is -0.368 e. The maximum absolute atomic E-state index is 13.8.